The molecule has 2 atom stereocenters. The molecule has 1 aliphatic carbocycles. The topological polar surface area (TPSA) is 44.4 Å². The van der Waals surface area contributed by atoms with Gasteiger partial charge in [0.05, 0.1) is 0 Å². The van der Waals surface area contributed by atoms with Crippen LogP contribution in [-0.4, -0.2) is 50.1 Å². The van der Waals surface area contributed by atoms with Crippen LogP contribution in [0, 0.1) is 11.3 Å². The van der Waals surface area contributed by atoms with Crippen LogP contribution in [0.2, 0.25) is 0 Å². The summed E-state index contributed by atoms with van der Waals surface area (Å²) < 4.78 is 0. The Morgan fingerprint density at radius 2 is 2.11 bits per heavy atom. The van der Waals surface area contributed by atoms with E-state index in [0.717, 1.165) is 58.5 Å². The molecule has 19 heavy (non-hydrogen) atoms. The first-order valence-electron chi connectivity index (χ1n) is 7.36. The van der Waals surface area contributed by atoms with Crippen molar-refractivity contribution in [3.05, 3.63) is 0 Å². The summed E-state index contributed by atoms with van der Waals surface area (Å²) in [4.78, 5) is 14.4. The second-order valence-corrected chi connectivity index (χ2v) is 6.00. The minimum absolute atomic E-state index is 0. The third-order valence-electron chi connectivity index (χ3n) is 4.64. The first kappa shape index (κ1) is 16.7. The third kappa shape index (κ3) is 4.62. The Hall–Kier alpha value is -0.320. The number of amides is 1. The standard InChI is InChI=1S/C14H27N3O.ClH/c1-3-14(2)11-12(14)13(18)16-5-4-8-17-9-6-15-7-10-17;/h12,15H,3-11H2,1-2H3,(H,16,18);1H. The lowest BCUT2D eigenvalue weighted by Crippen LogP contribution is -2.44. The van der Waals surface area contributed by atoms with Gasteiger partial charge in [0.15, 0.2) is 0 Å². The first-order valence-corrected chi connectivity index (χ1v) is 7.36. The van der Waals surface area contributed by atoms with Crippen LogP contribution in [0.1, 0.15) is 33.1 Å². The molecule has 1 heterocycles. The molecule has 5 heteroatoms. The van der Waals surface area contributed by atoms with E-state index in [-0.39, 0.29) is 24.2 Å². The Morgan fingerprint density at radius 1 is 1.42 bits per heavy atom. The maximum Gasteiger partial charge on any atom is 0.223 e. The molecule has 0 bridgehead atoms. The van der Waals surface area contributed by atoms with Crippen molar-refractivity contribution in [2.45, 2.75) is 33.1 Å². The van der Waals surface area contributed by atoms with E-state index in [4.69, 9.17) is 0 Å². The quantitative estimate of drug-likeness (QED) is 0.724. The zero-order valence-electron chi connectivity index (χ0n) is 12.2. The number of carbonyl (C=O) groups is 1. The van der Waals surface area contributed by atoms with Crippen molar-refractivity contribution in [3.8, 4) is 0 Å². The SMILES string of the molecule is CCC1(C)CC1C(=O)NCCCN1CCNCC1.Cl. The van der Waals surface area contributed by atoms with Gasteiger partial charge in [0.25, 0.3) is 0 Å². The van der Waals surface area contributed by atoms with Crippen LogP contribution in [0.25, 0.3) is 0 Å². The minimum Gasteiger partial charge on any atom is -0.356 e. The van der Waals surface area contributed by atoms with Gasteiger partial charge in [-0.15, -0.1) is 12.4 Å². The van der Waals surface area contributed by atoms with Gasteiger partial charge >= 0.3 is 0 Å². The highest BCUT2D eigenvalue weighted by atomic mass is 35.5. The monoisotopic (exact) mass is 289 g/mol. The molecule has 2 N–H and O–H groups in total. The predicted molar refractivity (Wildman–Crippen MR) is 80.7 cm³/mol. The Kier molecular flexibility index (Phi) is 6.57. The highest BCUT2D eigenvalue weighted by molar-refractivity contribution is 5.85. The summed E-state index contributed by atoms with van der Waals surface area (Å²) in [5, 5.41) is 6.44. The fourth-order valence-electron chi connectivity index (χ4n) is 2.78. The van der Waals surface area contributed by atoms with E-state index in [9.17, 15) is 4.79 Å². The van der Waals surface area contributed by atoms with Crippen molar-refractivity contribution in [1.29, 1.82) is 0 Å². The van der Waals surface area contributed by atoms with Gasteiger partial charge in [-0.1, -0.05) is 13.8 Å². The van der Waals surface area contributed by atoms with Crippen LogP contribution in [0.3, 0.4) is 0 Å². The van der Waals surface area contributed by atoms with Crippen LogP contribution in [-0.2, 0) is 4.79 Å². The molecule has 0 aromatic heterocycles. The summed E-state index contributed by atoms with van der Waals surface area (Å²) >= 11 is 0. The highest BCUT2D eigenvalue weighted by Gasteiger charge is 2.52. The van der Waals surface area contributed by atoms with Gasteiger partial charge < -0.3 is 15.5 Å². The Balaban J connectivity index is 0.00000180. The zero-order valence-corrected chi connectivity index (χ0v) is 13.0. The summed E-state index contributed by atoms with van der Waals surface area (Å²) in [6.07, 6.45) is 3.26. The first-order chi connectivity index (χ1) is 8.65. The molecule has 2 rings (SSSR count). The van der Waals surface area contributed by atoms with Crippen LogP contribution in [0.15, 0.2) is 0 Å². The van der Waals surface area contributed by atoms with E-state index < -0.39 is 0 Å². The van der Waals surface area contributed by atoms with E-state index in [1.54, 1.807) is 0 Å². The zero-order chi connectivity index (χ0) is 13.0. The summed E-state index contributed by atoms with van der Waals surface area (Å²) in [7, 11) is 0. The van der Waals surface area contributed by atoms with Gasteiger partial charge in [-0.25, -0.2) is 0 Å². The van der Waals surface area contributed by atoms with Crippen molar-refractivity contribution >= 4 is 18.3 Å². The summed E-state index contributed by atoms with van der Waals surface area (Å²) in [6.45, 7) is 10.8. The van der Waals surface area contributed by atoms with E-state index in [2.05, 4.69) is 29.4 Å². The van der Waals surface area contributed by atoms with E-state index >= 15 is 0 Å². The average Bonchev–Trinajstić information content (AvgIpc) is 3.09. The molecule has 0 aromatic carbocycles. The predicted octanol–water partition coefficient (Wildman–Crippen LogP) is 1.26. The lowest BCUT2D eigenvalue weighted by Gasteiger charge is -2.27. The molecule has 4 nitrogen and oxygen atoms in total. The number of nitrogens with zero attached hydrogens (tertiary/aromatic N) is 1. The summed E-state index contributed by atoms with van der Waals surface area (Å²) in [5.41, 5.74) is 0.294. The van der Waals surface area contributed by atoms with Crippen molar-refractivity contribution in [2.24, 2.45) is 11.3 Å². The lowest BCUT2D eigenvalue weighted by atomic mass is 10.0. The van der Waals surface area contributed by atoms with Gasteiger partial charge in [-0.3, -0.25) is 4.79 Å². The summed E-state index contributed by atoms with van der Waals surface area (Å²) in [5.74, 6) is 0.557. The number of halogens is 1. The van der Waals surface area contributed by atoms with Gasteiger partial charge in [-0.2, -0.15) is 0 Å². The maximum atomic E-state index is 11.9. The van der Waals surface area contributed by atoms with Gasteiger partial charge in [0.2, 0.25) is 5.91 Å². The Morgan fingerprint density at radius 3 is 2.68 bits per heavy atom. The Labute approximate surface area is 123 Å². The maximum absolute atomic E-state index is 11.9. The molecular formula is C14H28ClN3O. The third-order valence-corrected chi connectivity index (χ3v) is 4.64. The summed E-state index contributed by atoms with van der Waals surface area (Å²) in [6, 6.07) is 0. The van der Waals surface area contributed by atoms with Crippen molar-refractivity contribution in [3.63, 3.8) is 0 Å². The number of hydrogen-bond acceptors (Lipinski definition) is 3. The minimum atomic E-state index is 0. The molecule has 112 valence electrons. The van der Waals surface area contributed by atoms with E-state index in [1.807, 2.05) is 0 Å². The molecule has 1 aliphatic heterocycles. The number of carbonyl (C=O) groups excluding carboxylic acids is 1. The number of piperazine rings is 1. The number of nitrogens with one attached hydrogen (secondary N) is 2. The van der Waals surface area contributed by atoms with Crippen LogP contribution < -0.4 is 10.6 Å². The molecule has 1 amide bonds. The van der Waals surface area contributed by atoms with Gasteiger partial charge in [0.1, 0.15) is 0 Å². The fraction of sp³-hybridized carbons (Fsp3) is 0.929. The van der Waals surface area contributed by atoms with Crippen molar-refractivity contribution < 1.29 is 4.79 Å². The fourth-order valence-corrected chi connectivity index (χ4v) is 2.78. The normalized spacial score (nSPS) is 30.5. The second kappa shape index (κ2) is 7.46. The largest absolute Gasteiger partial charge is 0.356 e. The molecule has 2 fully saturated rings. The average molecular weight is 290 g/mol. The molecule has 2 aliphatic rings. The number of hydrogen-bond donors (Lipinski definition) is 2. The van der Waals surface area contributed by atoms with Crippen LogP contribution in [0.5, 0.6) is 0 Å². The van der Waals surface area contributed by atoms with E-state index in [1.165, 1.54) is 0 Å². The van der Waals surface area contributed by atoms with Crippen molar-refractivity contribution in [1.82, 2.24) is 15.5 Å². The highest BCUT2D eigenvalue weighted by Crippen LogP contribution is 2.54. The molecule has 1 saturated heterocycles. The van der Waals surface area contributed by atoms with Gasteiger partial charge in [0, 0.05) is 38.6 Å². The second-order valence-electron chi connectivity index (χ2n) is 6.00. The Bertz CT molecular complexity index is 294. The molecule has 0 spiro atoms. The molecule has 1 saturated carbocycles. The van der Waals surface area contributed by atoms with Crippen LogP contribution >= 0.6 is 12.4 Å². The molecule has 0 aromatic rings. The van der Waals surface area contributed by atoms with E-state index in [0.29, 0.717) is 5.41 Å². The lowest BCUT2D eigenvalue weighted by molar-refractivity contribution is -0.123. The van der Waals surface area contributed by atoms with Crippen LogP contribution in [0.4, 0.5) is 0 Å². The van der Waals surface area contributed by atoms with Gasteiger partial charge in [-0.05, 0) is 31.2 Å². The molecular weight excluding hydrogens is 262 g/mol. The number of rotatable bonds is 6. The smallest absolute Gasteiger partial charge is 0.223 e. The molecule has 0 radical (unpaired) electrons. The van der Waals surface area contributed by atoms with Crippen molar-refractivity contribution in [2.75, 3.05) is 39.3 Å². The molecule has 2 unspecified atom stereocenters.